The fourth-order valence-electron chi connectivity index (χ4n) is 2.84. The maximum Gasteiger partial charge on any atom is 0.216 e. The number of nitrogens with zero attached hydrogens (tertiary/aromatic N) is 1. The Kier molecular flexibility index (Phi) is 5.13. The van der Waals surface area contributed by atoms with Gasteiger partial charge < -0.3 is 9.47 Å². The molecule has 1 N–H and O–H groups in total. The van der Waals surface area contributed by atoms with Gasteiger partial charge in [0.15, 0.2) is 0 Å². The number of benzene rings is 1. The van der Waals surface area contributed by atoms with E-state index >= 15 is 0 Å². The van der Waals surface area contributed by atoms with Crippen molar-refractivity contribution in [3.63, 3.8) is 0 Å². The topological polar surface area (TPSA) is 77.5 Å². The maximum atomic E-state index is 12.5. The molecule has 1 aliphatic rings. The van der Waals surface area contributed by atoms with Gasteiger partial charge in [0.1, 0.15) is 11.9 Å². The Morgan fingerprint density at radius 1 is 1.33 bits per heavy atom. The minimum absolute atomic E-state index is 0.0968. The Bertz CT molecular complexity index is 780. The smallest absolute Gasteiger partial charge is 0.216 e. The first-order chi connectivity index (χ1) is 11.6. The molecule has 0 spiro atoms. The first kappa shape index (κ1) is 16.9. The highest BCUT2D eigenvalue weighted by atomic mass is 32.2. The third kappa shape index (κ3) is 4.11. The molecule has 0 bridgehead atoms. The summed E-state index contributed by atoms with van der Waals surface area (Å²) in [5, 5.41) is 0. The number of aromatic nitrogens is 1. The van der Waals surface area contributed by atoms with Crippen LogP contribution in [0.5, 0.6) is 5.75 Å². The van der Waals surface area contributed by atoms with E-state index in [1.54, 1.807) is 43.8 Å². The SMILES string of the molecule is COc1cccc(CS(=O)(=O)N[C@H]2CCO[C@@H]2c2cccnc2)c1. The molecule has 0 amide bonds. The van der Waals surface area contributed by atoms with Gasteiger partial charge in [-0.15, -0.1) is 0 Å². The van der Waals surface area contributed by atoms with Crippen LogP contribution >= 0.6 is 0 Å². The first-order valence-electron chi connectivity index (χ1n) is 7.72. The fraction of sp³-hybridized carbons (Fsp3) is 0.353. The summed E-state index contributed by atoms with van der Waals surface area (Å²) in [5.41, 5.74) is 1.56. The highest BCUT2D eigenvalue weighted by molar-refractivity contribution is 7.88. The van der Waals surface area contributed by atoms with Crippen molar-refractivity contribution in [2.24, 2.45) is 0 Å². The molecule has 2 atom stereocenters. The molecule has 0 unspecified atom stereocenters. The minimum Gasteiger partial charge on any atom is -0.497 e. The summed E-state index contributed by atoms with van der Waals surface area (Å²) in [6.07, 6.45) is 3.72. The van der Waals surface area contributed by atoms with E-state index < -0.39 is 10.0 Å². The summed E-state index contributed by atoms with van der Waals surface area (Å²) >= 11 is 0. The zero-order chi connectivity index (χ0) is 17.0. The second-order valence-corrected chi connectivity index (χ2v) is 7.46. The molecule has 3 rings (SSSR count). The molecule has 1 fully saturated rings. The van der Waals surface area contributed by atoms with Gasteiger partial charge in [0, 0.05) is 24.6 Å². The fourth-order valence-corrected chi connectivity index (χ4v) is 4.24. The third-order valence-electron chi connectivity index (χ3n) is 3.93. The van der Waals surface area contributed by atoms with Gasteiger partial charge in [-0.3, -0.25) is 4.98 Å². The van der Waals surface area contributed by atoms with E-state index in [1.165, 1.54) is 0 Å². The largest absolute Gasteiger partial charge is 0.497 e. The van der Waals surface area contributed by atoms with Crippen LogP contribution in [0, 0.1) is 0 Å². The van der Waals surface area contributed by atoms with E-state index in [4.69, 9.17) is 9.47 Å². The second-order valence-electron chi connectivity index (χ2n) is 5.70. The summed E-state index contributed by atoms with van der Waals surface area (Å²) in [5.74, 6) is 0.542. The molecule has 2 heterocycles. The summed E-state index contributed by atoms with van der Waals surface area (Å²) in [7, 11) is -1.93. The van der Waals surface area contributed by atoms with Gasteiger partial charge >= 0.3 is 0 Å². The lowest BCUT2D eigenvalue weighted by atomic mass is 10.1. The van der Waals surface area contributed by atoms with Gasteiger partial charge in [0.25, 0.3) is 0 Å². The van der Waals surface area contributed by atoms with E-state index in [0.717, 1.165) is 5.56 Å². The predicted molar refractivity (Wildman–Crippen MR) is 90.1 cm³/mol. The summed E-state index contributed by atoms with van der Waals surface area (Å²) in [6.45, 7) is 0.520. The van der Waals surface area contributed by atoms with Crippen molar-refractivity contribution in [3.05, 3.63) is 59.9 Å². The molecule has 1 aromatic heterocycles. The van der Waals surface area contributed by atoms with Crippen LogP contribution < -0.4 is 9.46 Å². The Balaban J connectivity index is 1.71. The Hall–Kier alpha value is -1.96. The van der Waals surface area contributed by atoms with Crippen LogP contribution in [0.2, 0.25) is 0 Å². The van der Waals surface area contributed by atoms with Crippen LogP contribution in [0.1, 0.15) is 23.7 Å². The van der Waals surface area contributed by atoms with Crippen molar-refractivity contribution >= 4 is 10.0 Å². The van der Waals surface area contributed by atoms with Gasteiger partial charge in [-0.2, -0.15) is 0 Å². The van der Waals surface area contributed by atoms with Gasteiger partial charge in [-0.05, 0) is 30.2 Å². The predicted octanol–water partition coefficient (Wildman–Crippen LogP) is 2.04. The molecule has 2 aromatic rings. The summed E-state index contributed by atoms with van der Waals surface area (Å²) in [4.78, 5) is 4.08. The van der Waals surface area contributed by atoms with Crippen LogP contribution in [0.3, 0.4) is 0 Å². The van der Waals surface area contributed by atoms with E-state index in [1.807, 2.05) is 12.1 Å². The van der Waals surface area contributed by atoms with Crippen molar-refractivity contribution in [1.29, 1.82) is 0 Å². The van der Waals surface area contributed by atoms with Gasteiger partial charge in [-0.25, -0.2) is 13.1 Å². The van der Waals surface area contributed by atoms with Crippen LogP contribution in [0.15, 0.2) is 48.8 Å². The van der Waals surface area contributed by atoms with Crippen LogP contribution in [0.4, 0.5) is 0 Å². The van der Waals surface area contributed by atoms with Gasteiger partial charge in [-0.1, -0.05) is 18.2 Å². The second kappa shape index (κ2) is 7.29. The molecule has 0 saturated carbocycles. The summed E-state index contributed by atoms with van der Waals surface area (Å²) < 4.78 is 38.6. The van der Waals surface area contributed by atoms with Crippen molar-refractivity contribution in [3.8, 4) is 5.75 Å². The van der Waals surface area contributed by atoms with Crippen LogP contribution in [0.25, 0.3) is 0 Å². The lowest BCUT2D eigenvalue weighted by Gasteiger charge is -2.20. The first-order valence-corrected chi connectivity index (χ1v) is 9.37. The molecule has 1 aliphatic heterocycles. The van der Waals surface area contributed by atoms with Crippen LogP contribution in [-0.2, 0) is 20.5 Å². The number of nitrogens with one attached hydrogen (secondary N) is 1. The molecule has 1 aromatic carbocycles. The molecular formula is C17H20N2O4S. The van der Waals surface area contributed by atoms with Crippen LogP contribution in [-0.4, -0.2) is 33.2 Å². The van der Waals surface area contributed by atoms with E-state index in [0.29, 0.717) is 24.3 Å². The zero-order valence-corrected chi connectivity index (χ0v) is 14.2. The van der Waals surface area contributed by atoms with E-state index in [9.17, 15) is 8.42 Å². The van der Waals surface area contributed by atoms with Crippen molar-refractivity contribution < 1.29 is 17.9 Å². The molecular weight excluding hydrogens is 328 g/mol. The normalized spacial score (nSPS) is 20.9. The number of pyridine rings is 1. The Morgan fingerprint density at radius 3 is 2.96 bits per heavy atom. The molecule has 7 heteroatoms. The maximum absolute atomic E-state index is 12.5. The highest BCUT2D eigenvalue weighted by Crippen LogP contribution is 2.29. The number of hydrogen-bond donors (Lipinski definition) is 1. The molecule has 0 radical (unpaired) electrons. The number of methoxy groups -OCH3 is 1. The van der Waals surface area contributed by atoms with Gasteiger partial charge in [0.2, 0.25) is 10.0 Å². The molecule has 6 nitrogen and oxygen atoms in total. The highest BCUT2D eigenvalue weighted by Gasteiger charge is 2.33. The van der Waals surface area contributed by atoms with Crippen molar-refractivity contribution in [1.82, 2.24) is 9.71 Å². The van der Waals surface area contributed by atoms with Crippen molar-refractivity contribution in [2.75, 3.05) is 13.7 Å². The van der Waals surface area contributed by atoms with Crippen molar-refractivity contribution in [2.45, 2.75) is 24.3 Å². The average molecular weight is 348 g/mol. The van der Waals surface area contributed by atoms with Gasteiger partial charge in [0.05, 0.1) is 18.9 Å². The number of sulfonamides is 1. The monoisotopic (exact) mass is 348 g/mol. The van der Waals surface area contributed by atoms with E-state index in [2.05, 4.69) is 9.71 Å². The molecule has 0 aliphatic carbocycles. The quantitative estimate of drug-likeness (QED) is 0.864. The third-order valence-corrected chi connectivity index (χ3v) is 5.30. The zero-order valence-electron chi connectivity index (χ0n) is 13.4. The lowest BCUT2D eigenvalue weighted by molar-refractivity contribution is 0.102. The minimum atomic E-state index is -3.49. The van der Waals surface area contributed by atoms with E-state index in [-0.39, 0.29) is 17.9 Å². The summed E-state index contributed by atoms with van der Waals surface area (Å²) in [6, 6.07) is 10.5. The Morgan fingerprint density at radius 2 is 2.21 bits per heavy atom. The standard InChI is InChI=1S/C17H20N2O4S/c1-22-15-6-2-4-13(10-15)12-24(20,21)19-16-7-9-23-17(16)14-5-3-8-18-11-14/h2-6,8,10-11,16-17,19H,7,9,12H2,1H3/t16-,17+/m0/s1. The number of rotatable bonds is 6. The average Bonchev–Trinajstić information content (AvgIpc) is 3.02. The molecule has 24 heavy (non-hydrogen) atoms. The Labute approximate surface area is 141 Å². The lowest BCUT2D eigenvalue weighted by Crippen LogP contribution is -2.37. The molecule has 1 saturated heterocycles. The number of ether oxygens (including phenoxy) is 2. The number of hydrogen-bond acceptors (Lipinski definition) is 5. The molecule has 128 valence electrons.